The standard InChI is InChI=1S/C20H24O6/c1-11-3-5-17(23)18(24)6-4-13-8-19(25)20(26)9-16(13)15(11)7-14(10-21)12(2)22/h5-9,12,14,21-26H,1,3-4,10H2,2H3/b15-7+,17-5+,18-6+. The van der Waals surface area contributed by atoms with Gasteiger partial charge in [0.1, 0.15) is 0 Å². The van der Waals surface area contributed by atoms with Gasteiger partial charge in [-0.2, -0.15) is 0 Å². The van der Waals surface area contributed by atoms with E-state index in [9.17, 15) is 30.6 Å². The first-order chi connectivity index (χ1) is 12.2. The molecule has 26 heavy (non-hydrogen) atoms. The van der Waals surface area contributed by atoms with Crippen LogP contribution < -0.4 is 0 Å². The van der Waals surface area contributed by atoms with E-state index in [0.717, 1.165) is 0 Å². The Bertz CT molecular complexity index is 786. The molecule has 0 heterocycles. The van der Waals surface area contributed by atoms with Crippen molar-refractivity contribution in [1.29, 1.82) is 0 Å². The summed E-state index contributed by atoms with van der Waals surface area (Å²) in [7, 11) is 0. The maximum absolute atomic E-state index is 9.94. The van der Waals surface area contributed by atoms with E-state index in [1.165, 1.54) is 24.3 Å². The van der Waals surface area contributed by atoms with E-state index in [1.807, 2.05) is 0 Å². The Hall–Kier alpha value is -2.70. The van der Waals surface area contributed by atoms with Crippen LogP contribution in [0.4, 0.5) is 0 Å². The van der Waals surface area contributed by atoms with Crippen molar-refractivity contribution in [1.82, 2.24) is 0 Å². The number of benzene rings is 1. The lowest BCUT2D eigenvalue weighted by Crippen LogP contribution is -2.19. The molecule has 0 bridgehead atoms. The number of aliphatic hydroxyl groups is 4. The second-order valence-electron chi connectivity index (χ2n) is 6.36. The first-order valence-electron chi connectivity index (χ1n) is 8.27. The van der Waals surface area contributed by atoms with Gasteiger partial charge in [0.05, 0.1) is 12.7 Å². The molecule has 0 saturated carbocycles. The number of aromatic hydroxyl groups is 2. The maximum Gasteiger partial charge on any atom is 0.158 e. The molecule has 1 aliphatic rings. The molecule has 6 nitrogen and oxygen atoms in total. The number of fused-ring (bicyclic) bond motifs is 1. The fraction of sp³-hybridized carbons (Fsp3) is 0.300. The van der Waals surface area contributed by atoms with Crippen molar-refractivity contribution in [2.75, 3.05) is 6.61 Å². The molecule has 1 aliphatic carbocycles. The Morgan fingerprint density at radius 1 is 1.04 bits per heavy atom. The smallest absolute Gasteiger partial charge is 0.158 e. The SMILES string of the molecule is C=C1C/C=C(O)\C(O)=C/Cc2cc(O)c(O)cc2/C1=C/C(CO)C(C)O. The van der Waals surface area contributed by atoms with E-state index >= 15 is 0 Å². The van der Waals surface area contributed by atoms with Crippen LogP contribution in [-0.2, 0) is 6.42 Å². The fourth-order valence-corrected chi connectivity index (χ4v) is 2.74. The third-order valence-electron chi connectivity index (χ3n) is 4.40. The van der Waals surface area contributed by atoms with Crippen LogP contribution in [0.3, 0.4) is 0 Å². The van der Waals surface area contributed by atoms with Gasteiger partial charge in [0.25, 0.3) is 0 Å². The Kier molecular flexibility index (Phi) is 6.13. The van der Waals surface area contributed by atoms with Crippen molar-refractivity contribution < 1.29 is 30.6 Å². The van der Waals surface area contributed by atoms with Gasteiger partial charge in [-0.05, 0) is 66.3 Å². The highest BCUT2D eigenvalue weighted by molar-refractivity contribution is 5.82. The first-order valence-corrected chi connectivity index (χ1v) is 8.27. The van der Waals surface area contributed by atoms with E-state index in [1.54, 1.807) is 13.0 Å². The Morgan fingerprint density at radius 2 is 1.62 bits per heavy atom. The molecule has 140 valence electrons. The Morgan fingerprint density at radius 3 is 2.19 bits per heavy atom. The zero-order chi connectivity index (χ0) is 19.4. The highest BCUT2D eigenvalue weighted by Crippen LogP contribution is 2.37. The minimum absolute atomic E-state index is 0.177. The molecule has 0 saturated heterocycles. The summed E-state index contributed by atoms with van der Waals surface area (Å²) in [4.78, 5) is 0. The van der Waals surface area contributed by atoms with Crippen LogP contribution in [0.2, 0.25) is 0 Å². The van der Waals surface area contributed by atoms with Gasteiger partial charge < -0.3 is 30.6 Å². The van der Waals surface area contributed by atoms with E-state index in [2.05, 4.69) is 6.58 Å². The molecular formula is C20H24O6. The molecule has 6 N–H and O–H groups in total. The van der Waals surface area contributed by atoms with Gasteiger partial charge >= 0.3 is 0 Å². The maximum atomic E-state index is 9.94. The zero-order valence-corrected chi connectivity index (χ0v) is 14.6. The first kappa shape index (κ1) is 19.6. The van der Waals surface area contributed by atoms with Gasteiger partial charge in [-0.3, -0.25) is 0 Å². The molecule has 1 aromatic carbocycles. The van der Waals surface area contributed by atoms with Gasteiger partial charge in [-0.1, -0.05) is 12.7 Å². The molecule has 0 aliphatic heterocycles. The molecule has 1 aromatic rings. The van der Waals surface area contributed by atoms with Crippen LogP contribution in [0.15, 0.2) is 54.0 Å². The second-order valence-corrected chi connectivity index (χ2v) is 6.36. The van der Waals surface area contributed by atoms with E-state index in [-0.39, 0.29) is 42.5 Å². The molecule has 2 atom stereocenters. The lowest BCUT2D eigenvalue weighted by Gasteiger charge is -2.20. The summed E-state index contributed by atoms with van der Waals surface area (Å²) in [5.74, 6) is -1.77. The van der Waals surface area contributed by atoms with Crippen molar-refractivity contribution in [3.8, 4) is 11.5 Å². The van der Waals surface area contributed by atoms with Gasteiger partial charge in [0, 0.05) is 5.92 Å². The third kappa shape index (κ3) is 4.28. The average molecular weight is 360 g/mol. The summed E-state index contributed by atoms with van der Waals surface area (Å²) in [6.45, 7) is 5.27. The zero-order valence-electron chi connectivity index (χ0n) is 14.6. The molecule has 0 aromatic heterocycles. The van der Waals surface area contributed by atoms with Crippen molar-refractivity contribution in [2.24, 2.45) is 5.92 Å². The van der Waals surface area contributed by atoms with E-state index in [4.69, 9.17) is 0 Å². The minimum Gasteiger partial charge on any atom is -0.504 e. The highest BCUT2D eigenvalue weighted by Gasteiger charge is 2.19. The van der Waals surface area contributed by atoms with Crippen molar-refractivity contribution >= 4 is 5.57 Å². The number of allylic oxidation sites excluding steroid dienone is 4. The minimum atomic E-state index is -0.808. The predicted octanol–water partition coefficient (Wildman–Crippen LogP) is 2.86. The lowest BCUT2D eigenvalue weighted by atomic mass is 9.87. The number of aliphatic hydroxyl groups excluding tert-OH is 4. The van der Waals surface area contributed by atoms with Crippen molar-refractivity contribution in [2.45, 2.75) is 25.9 Å². The van der Waals surface area contributed by atoms with Crippen LogP contribution in [0, 0.1) is 5.92 Å². The predicted molar refractivity (Wildman–Crippen MR) is 98.9 cm³/mol. The number of hydrogen-bond donors (Lipinski definition) is 6. The lowest BCUT2D eigenvalue weighted by molar-refractivity contribution is 0.107. The summed E-state index contributed by atoms with van der Waals surface area (Å²) in [6, 6.07) is 2.75. The number of hydrogen-bond acceptors (Lipinski definition) is 6. The van der Waals surface area contributed by atoms with Crippen LogP contribution in [0.1, 0.15) is 24.5 Å². The topological polar surface area (TPSA) is 121 Å². The van der Waals surface area contributed by atoms with Crippen LogP contribution in [0.5, 0.6) is 11.5 Å². The average Bonchev–Trinajstić information content (AvgIpc) is 2.59. The Balaban J connectivity index is 2.71. The van der Waals surface area contributed by atoms with Crippen LogP contribution in [-0.4, -0.2) is 43.4 Å². The van der Waals surface area contributed by atoms with Gasteiger partial charge in [-0.25, -0.2) is 0 Å². The summed E-state index contributed by atoms with van der Waals surface area (Å²) >= 11 is 0. The highest BCUT2D eigenvalue weighted by atomic mass is 16.3. The van der Waals surface area contributed by atoms with Crippen LogP contribution in [0.25, 0.3) is 5.57 Å². The normalized spacial score (nSPS) is 23.3. The largest absolute Gasteiger partial charge is 0.504 e. The molecule has 0 amide bonds. The van der Waals surface area contributed by atoms with Gasteiger partial charge in [0.15, 0.2) is 23.0 Å². The van der Waals surface area contributed by atoms with E-state index in [0.29, 0.717) is 22.3 Å². The molecular weight excluding hydrogens is 336 g/mol. The quantitative estimate of drug-likeness (QED) is 0.461. The molecule has 0 radical (unpaired) electrons. The summed E-state index contributed by atoms with van der Waals surface area (Å²) < 4.78 is 0. The summed E-state index contributed by atoms with van der Waals surface area (Å²) in [5, 5.41) is 58.9. The summed E-state index contributed by atoms with van der Waals surface area (Å²) in [5.41, 5.74) is 2.27. The van der Waals surface area contributed by atoms with Crippen molar-refractivity contribution in [3.05, 3.63) is 65.2 Å². The molecule has 2 rings (SSSR count). The molecule has 6 heteroatoms. The second kappa shape index (κ2) is 8.12. The third-order valence-corrected chi connectivity index (χ3v) is 4.40. The fourth-order valence-electron chi connectivity index (χ4n) is 2.74. The van der Waals surface area contributed by atoms with E-state index < -0.39 is 12.0 Å². The number of rotatable bonds is 3. The summed E-state index contributed by atoms with van der Waals surface area (Å²) in [6.07, 6.45) is 4.04. The molecule has 0 spiro atoms. The molecule has 0 fully saturated rings. The van der Waals surface area contributed by atoms with Crippen molar-refractivity contribution in [3.63, 3.8) is 0 Å². The number of phenolic OH excluding ortho intramolecular Hbond substituents is 2. The van der Waals surface area contributed by atoms with Gasteiger partial charge in [0.2, 0.25) is 0 Å². The Labute approximate surface area is 152 Å². The number of phenols is 2. The monoisotopic (exact) mass is 360 g/mol. The van der Waals surface area contributed by atoms with Gasteiger partial charge in [-0.15, -0.1) is 0 Å². The molecule has 2 unspecified atom stereocenters. The van der Waals surface area contributed by atoms with Crippen LogP contribution >= 0.6 is 0 Å².